The fourth-order valence-electron chi connectivity index (χ4n) is 1.21. The number of anilines is 1. The van der Waals surface area contributed by atoms with E-state index in [1.165, 1.54) is 6.33 Å². The quantitative estimate of drug-likeness (QED) is 0.723. The molecule has 4 heteroatoms. The second-order valence-electron chi connectivity index (χ2n) is 3.15. The number of rotatable bonds is 4. The maximum atomic E-state index is 8.84. The molecule has 4 nitrogen and oxygen atoms in total. The van der Waals surface area contributed by atoms with Crippen LogP contribution in [0.25, 0.3) is 0 Å². The summed E-state index contributed by atoms with van der Waals surface area (Å²) in [5.41, 5.74) is 0.533. The molecule has 0 aliphatic rings. The summed E-state index contributed by atoms with van der Waals surface area (Å²) in [5, 5.41) is 8.84. The lowest BCUT2D eigenvalue weighted by molar-refractivity contribution is 0.757. The van der Waals surface area contributed by atoms with Gasteiger partial charge in [-0.05, 0) is 6.42 Å². The Labute approximate surface area is 84.2 Å². The fraction of sp³-hybridized carbons (Fsp3) is 0.500. The first-order chi connectivity index (χ1) is 6.79. The zero-order chi connectivity index (χ0) is 10.4. The van der Waals surface area contributed by atoms with Crippen molar-refractivity contribution in [2.24, 2.45) is 0 Å². The first-order valence-corrected chi connectivity index (χ1v) is 4.70. The van der Waals surface area contributed by atoms with E-state index >= 15 is 0 Å². The summed E-state index contributed by atoms with van der Waals surface area (Å²) in [4.78, 5) is 9.90. The molecule has 14 heavy (non-hydrogen) atoms. The van der Waals surface area contributed by atoms with E-state index in [1.54, 1.807) is 6.20 Å². The van der Waals surface area contributed by atoms with Gasteiger partial charge in [-0.3, -0.25) is 0 Å². The Bertz CT molecular complexity index is 329. The molecule has 0 N–H and O–H groups in total. The third kappa shape index (κ3) is 2.43. The monoisotopic (exact) mass is 190 g/mol. The number of unbranched alkanes of at least 4 members (excludes halogenated alkanes) is 1. The van der Waals surface area contributed by atoms with Crippen molar-refractivity contribution >= 4 is 5.82 Å². The molecule has 0 saturated heterocycles. The molecule has 1 heterocycles. The minimum Gasteiger partial charge on any atom is -0.358 e. The molecule has 0 unspecified atom stereocenters. The lowest BCUT2D eigenvalue weighted by Crippen LogP contribution is -2.20. The molecule has 0 aromatic carbocycles. The van der Waals surface area contributed by atoms with Crippen molar-refractivity contribution in [1.29, 1.82) is 5.26 Å². The molecule has 0 bridgehead atoms. The molecular weight excluding hydrogens is 176 g/mol. The summed E-state index contributed by atoms with van der Waals surface area (Å²) in [6.07, 6.45) is 5.26. The van der Waals surface area contributed by atoms with E-state index in [-0.39, 0.29) is 0 Å². The van der Waals surface area contributed by atoms with Gasteiger partial charge >= 0.3 is 0 Å². The lowest BCUT2D eigenvalue weighted by Gasteiger charge is -2.17. The molecule has 0 spiro atoms. The summed E-state index contributed by atoms with van der Waals surface area (Å²) < 4.78 is 0. The SMILES string of the molecule is CCCCN(C)c1ncncc1C#N. The third-order valence-electron chi connectivity index (χ3n) is 2.02. The summed E-state index contributed by atoms with van der Waals surface area (Å²) in [6, 6.07) is 2.09. The average molecular weight is 190 g/mol. The number of nitrogens with zero attached hydrogens (tertiary/aromatic N) is 4. The van der Waals surface area contributed by atoms with Gasteiger partial charge in [0.2, 0.25) is 0 Å². The van der Waals surface area contributed by atoms with Crippen LogP contribution in [-0.4, -0.2) is 23.6 Å². The molecule has 0 atom stereocenters. The zero-order valence-corrected chi connectivity index (χ0v) is 8.56. The normalized spacial score (nSPS) is 9.50. The largest absolute Gasteiger partial charge is 0.358 e. The van der Waals surface area contributed by atoms with Gasteiger partial charge in [0.05, 0.1) is 6.20 Å². The first kappa shape index (κ1) is 10.5. The summed E-state index contributed by atoms with van der Waals surface area (Å²) >= 11 is 0. The van der Waals surface area contributed by atoms with Crippen LogP contribution < -0.4 is 4.90 Å². The number of aromatic nitrogens is 2. The Morgan fingerprint density at radius 2 is 2.36 bits per heavy atom. The Morgan fingerprint density at radius 1 is 1.57 bits per heavy atom. The van der Waals surface area contributed by atoms with Gasteiger partial charge < -0.3 is 4.90 Å². The van der Waals surface area contributed by atoms with Crippen molar-refractivity contribution in [3.63, 3.8) is 0 Å². The van der Waals surface area contributed by atoms with Crippen molar-refractivity contribution in [3.8, 4) is 6.07 Å². The molecule has 0 fully saturated rings. The molecule has 1 aromatic heterocycles. The van der Waals surface area contributed by atoms with Gasteiger partial charge in [0.1, 0.15) is 23.8 Å². The minimum absolute atomic E-state index is 0.533. The third-order valence-corrected chi connectivity index (χ3v) is 2.02. The minimum atomic E-state index is 0.533. The highest BCUT2D eigenvalue weighted by molar-refractivity contribution is 5.51. The van der Waals surface area contributed by atoms with Gasteiger partial charge in [0, 0.05) is 13.6 Å². The molecule has 1 aromatic rings. The molecule has 74 valence electrons. The molecule has 0 radical (unpaired) electrons. The fourth-order valence-corrected chi connectivity index (χ4v) is 1.21. The van der Waals surface area contributed by atoms with E-state index in [9.17, 15) is 0 Å². The van der Waals surface area contributed by atoms with Crippen molar-refractivity contribution in [2.45, 2.75) is 19.8 Å². The van der Waals surface area contributed by atoms with Crippen molar-refractivity contribution in [2.75, 3.05) is 18.5 Å². The maximum absolute atomic E-state index is 8.84. The predicted molar refractivity (Wildman–Crippen MR) is 54.9 cm³/mol. The van der Waals surface area contributed by atoms with Crippen LogP contribution in [0.2, 0.25) is 0 Å². The van der Waals surface area contributed by atoms with Crippen molar-refractivity contribution in [1.82, 2.24) is 9.97 Å². The van der Waals surface area contributed by atoms with Crippen LogP contribution >= 0.6 is 0 Å². The molecule has 1 rings (SSSR count). The molecular formula is C10H14N4. The average Bonchev–Trinajstić information content (AvgIpc) is 2.25. The summed E-state index contributed by atoms with van der Waals surface area (Å²) in [5.74, 6) is 0.718. The first-order valence-electron chi connectivity index (χ1n) is 4.70. The summed E-state index contributed by atoms with van der Waals surface area (Å²) in [7, 11) is 1.94. The Balaban J connectivity index is 2.79. The second kappa shape index (κ2) is 5.18. The van der Waals surface area contributed by atoms with Crippen LogP contribution in [0.1, 0.15) is 25.3 Å². The second-order valence-corrected chi connectivity index (χ2v) is 3.15. The van der Waals surface area contributed by atoms with Crippen LogP contribution in [0.4, 0.5) is 5.82 Å². The van der Waals surface area contributed by atoms with E-state index < -0.39 is 0 Å². The Morgan fingerprint density at radius 3 is 3.00 bits per heavy atom. The van der Waals surface area contributed by atoms with Crippen LogP contribution in [0.15, 0.2) is 12.5 Å². The van der Waals surface area contributed by atoms with Crippen LogP contribution in [-0.2, 0) is 0 Å². The van der Waals surface area contributed by atoms with Gasteiger partial charge in [0.25, 0.3) is 0 Å². The van der Waals surface area contributed by atoms with E-state index in [4.69, 9.17) is 5.26 Å². The van der Waals surface area contributed by atoms with Gasteiger partial charge in [-0.15, -0.1) is 0 Å². The van der Waals surface area contributed by atoms with Crippen molar-refractivity contribution in [3.05, 3.63) is 18.1 Å². The standard InChI is InChI=1S/C10H14N4/c1-3-4-5-14(2)10-9(6-11)7-12-8-13-10/h7-8H,3-5H2,1-2H3. The zero-order valence-electron chi connectivity index (χ0n) is 8.56. The lowest BCUT2D eigenvalue weighted by atomic mass is 10.3. The van der Waals surface area contributed by atoms with E-state index in [0.29, 0.717) is 5.56 Å². The van der Waals surface area contributed by atoms with Crippen LogP contribution in [0, 0.1) is 11.3 Å². The molecule has 0 aliphatic carbocycles. The van der Waals surface area contributed by atoms with Gasteiger partial charge in [0.15, 0.2) is 0 Å². The summed E-state index contributed by atoms with van der Waals surface area (Å²) in [6.45, 7) is 3.06. The Kier molecular flexibility index (Phi) is 3.86. The van der Waals surface area contributed by atoms with E-state index in [2.05, 4.69) is 23.0 Å². The van der Waals surface area contributed by atoms with E-state index in [1.807, 2.05) is 11.9 Å². The van der Waals surface area contributed by atoms with Crippen LogP contribution in [0.3, 0.4) is 0 Å². The Hall–Kier alpha value is -1.63. The molecule has 0 saturated carbocycles. The number of nitriles is 1. The van der Waals surface area contributed by atoms with Gasteiger partial charge in [-0.2, -0.15) is 5.26 Å². The van der Waals surface area contributed by atoms with Crippen molar-refractivity contribution < 1.29 is 0 Å². The molecule has 0 amide bonds. The highest BCUT2D eigenvalue weighted by Gasteiger charge is 2.07. The highest BCUT2D eigenvalue weighted by Crippen LogP contribution is 2.13. The number of hydrogen-bond donors (Lipinski definition) is 0. The highest BCUT2D eigenvalue weighted by atomic mass is 15.2. The topological polar surface area (TPSA) is 52.8 Å². The van der Waals surface area contributed by atoms with Gasteiger partial charge in [-0.25, -0.2) is 9.97 Å². The number of hydrogen-bond acceptors (Lipinski definition) is 4. The predicted octanol–water partition coefficient (Wildman–Crippen LogP) is 1.58. The maximum Gasteiger partial charge on any atom is 0.149 e. The van der Waals surface area contributed by atoms with E-state index in [0.717, 1.165) is 25.2 Å². The molecule has 0 aliphatic heterocycles. The van der Waals surface area contributed by atoms with Crippen LogP contribution in [0.5, 0.6) is 0 Å². The van der Waals surface area contributed by atoms with Gasteiger partial charge in [-0.1, -0.05) is 13.3 Å². The smallest absolute Gasteiger partial charge is 0.149 e.